The van der Waals surface area contributed by atoms with Gasteiger partial charge in [0.05, 0.1) is 0 Å². The number of hydrogen-bond acceptors (Lipinski definition) is 5. The average molecular weight is 281 g/mol. The summed E-state index contributed by atoms with van der Waals surface area (Å²) < 4.78 is 11.2. The molecule has 0 amide bonds. The number of hydrogen-bond donors (Lipinski definition) is 1. The Morgan fingerprint density at radius 2 is 1.76 bits per heavy atom. The van der Waals surface area contributed by atoms with Crippen LogP contribution in [0.2, 0.25) is 0 Å². The highest BCUT2D eigenvalue weighted by atomic mass is 16.5. The molecule has 0 aliphatic rings. The maximum absolute atomic E-state index is 5.62. The number of anilines is 1. The van der Waals surface area contributed by atoms with E-state index in [0.717, 1.165) is 17.0 Å². The van der Waals surface area contributed by atoms with Crippen LogP contribution in [0.25, 0.3) is 11.5 Å². The zero-order chi connectivity index (χ0) is 14.5. The van der Waals surface area contributed by atoms with Gasteiger partial charge in [0, 0.05) is 18.3 Å². The lowest BCUT2D eigenvalue weighted by molar-refractivity contribution is 0.264. The number of ether oxygens (including phenoxy) is 1. The van der Waals surface area contributed by atoms with Gasteiger partial charge in [0.2, 0.25) is 5.89 Å². The minimum atomic E-state index is 0.249. The van der Waals surface area contributed by atoms with Crippen molar-refractivity contribution in [2.45, 2.75) is 6.61 Å². The summed E-state index contributed by atoms with van der Waals surface area (Å²) in [6.45, 7) is 0.249. The summed E-state index contributed by atoms with van der Waals surface area (Å²) in [7, 11) is 1.87. The van der Waals surface area contributed by atoms with Crippen LogP contribution in [-0.4, -0.2) is 17.2 Å². The minimum Gasteiger partial charge on any atom is -0.484 e. The van der Waals surface area contributed by atoms with E-state index in [1.807, 2.05) is 61.6 Å². The summed E-state index contributed by atoms with van der Waals surface area (Å²) in [5.41, 5.74) is 1.93. The highest BCUT2D eigenvalue weighted by Crippen LogP contribution is 2.19. The Bertz CT molecular complexity index is 693. The number of aromatic nitrogens is 2. The van der Waals surface area contributed by atoms with Crippen molar-refractivity contribution >= 4 is 5.69 Å². The van der Waals surface area contributed by atoms with Crippen molar-refractivity contribution in [2.24, 2.45) is 0 Å². The van der Waals surface area contributed by atoms with Crippen molar-refractivity contribution in [3.8, 4) is 17.2 Å². The third-order valence-electron chi connectivity index (χ3n) is 2.99. The van der Waals surface area contributed by atoms with Crippen molar-refractivity contribution < 1.29 is 9.15 Å². The maximum Gasteiger partial charge on any atom is 0.254 e. The lowest BCUT2D eigenvalue weighted by Crippen LogP contribution is -1.96. The fourth-order valence-electron chi connectivity index (χ4n) is 1.87. The largest absolute Gasteiger partial charge is 0.484 e. The lowest BCUT2D eigenvalue weighted by Gasteiger charge is -2.04. The van der Waals surface area contributed by atoms with Crippen LogP contribution in [0.5, 0.6) is 5.75 Å². The van der Waals surface area contributed by atoms with Crippen molar-refractivity contribution in [3.05, 3.63) is 60.5 Å². The Morgan fingerprint density at radius 1 is 1.00 bits per heavy atom. The average Bonchev–Trinajstić information content (AvgIpc) is 3.03. The van der Waals surface area contributed by atoms with Crippen LogP contribution in [-0.2, 0) is 6.61 Å². The molecule has 1 aromatic heterocycles. The van der Waals surface area contributed by atoms with E-state index in [2.05, 4.69) is 15.5 Å². The third-order valence-corrected chi connectivity index (χ3v) is 2.99. The highest BCUT2D eigenvalue weighted by molar-refractivity contribution is 5.51. The second-order valence-corrected chi connectivity index (χ2v) is 4.43. The molecule has 3 aromatic rings. The minimum absolute atomic E-state index is 0.249. The standard InChI is InChI=1S/C16H15N3O2/c1-17-13-7-9-14(10-8-13)20-11-15-18-19-16(21-15)12-5-3-2-4-6-12/h2-10,17H,11H2,1H3. The first-order chi connectivity index (χ1) is 10.3. The molecule has 3 rings (SSSR count). The van der Waals surface area contributed by atoms with Gasteiger partial charge >= 0.3 is 0 Å². The fraction of sp³-hybridized carbons (Fsp3) is 0.125. The maximum atomic E-state index is 5.62. The van der Waals surface area contributed by atoms with Crippen molar-refractivity contribution in [1.29, 1.82) is 0 Å². The molecule has 2 aromatic carbocycles. The Morgan fingerprint density at radius 3 is 2.48 bits per heavy atom. The van der Waals surface area contributed by atoms with E-state index in [1.165, 1.54) is 0 Å². The highest BCUT2D eigenvalue weighted by Gasteiger charge is 2.08. The van der Waals surface area contributed by atoms with Gasteiger partial charge in [-0.2, -0.15) is 0 Å². The van der Waals surface area contributed by atoms with Crippen LogP contribution < -0.4 is 10.1 Å². The number of benzene rings is 2. The van der Waals surface area contributed by atoms with E-state index in [9.17, 15) is 0 Å². The van der Waals surface area contributed by atoms with E-state index in [0.29, 0.717) is 11.8 Å². The van der Waals surface area contributed by atoms with E-state index in [1.54, 1.807) is 0 Å². The first-order valence-electron chi connectivity index (χ1n) is 6.63. The third kappa shape index (κ3) is 3.20. The quantitative estimate of drug-likeness (QED) is 0.777. The molecule has 0 bridgehead atoms. The molecule has 0 radical (unpaired) electrons. The van der Waals surface area contributed by atoms with Crippen LogP contribution in [0.15, 0.2) is 59.0 Å². The molecule has 5 heteroatoms. The molecule has 0 aliphatic carbocycles. The van der Waals surface area contributed by atoms with Gasteiger partial charge in [0.15, 0.2) is 6.61 Å². The molecule has 21 heavy (non-hydrogen) atoms. The molecule has 0 unspecified atom stereocenters. The van der Waals surface area contributed by atoms with Gasteiger partial charge in [-0.25, -0.2) is 0 Å². The Hall–Kier alpha value is -2.82. The Labute approximate surface area is 122 Å². The van der Waals surface area contributed by atoms with Gasteiger partial charge in [-0.15, -0.1) is 10.2 Å². The second-order valence-electron chi connectivity index (χ2n) is 4.43. The molecule has 5 nitrogen and oxygen atoms in total. The van der Waals surface area contributed by atoms with Gasteiger partial charge in [-0.05, 0) is 36.4 Å². The molecular weight excluding hydrogens is 266 g/mol. The molecule has 0 saturated heterocycles. The van der Waals surface area contributed by atoms with E-state index in [4.69, 9.17) is 9.15 Å². The van der Waals surface area contributed by atoms with E-state index < -0.39 is 0 Å². The second kappa shape index (κ2) is 6.09. The molecular formula is C16H15N3O2. The Kier molecular flexibility index (Phi) is 3.82. The molecule has 0 aliphatic heterocycles. The zero-order valence-electron chi connectivity index (χ0n) is 11.6. The van der Waals surface area contributed by atoms with Crippen LogP contribution in [0, 0.1) is 0 Å². The van der Waals surface area contributed by atoms with Gasteiger partial charge in [0.1, 0.15) is 5.75 Å². The first kappa shape index (κ1) is 13.2. The van der Waals surface area contributed by atoms with E-state index >= 15 is 0 Å². The normalized spacial score (nSPS) is 10.3. The first-order valence-corrected chi connectivity index (χ1v) is 6.63. The predicted molar refractivity (Wildman–Crippen MR) is 80.1 cm³/mol. The molecule has 0 atom stereocenters. The SMILES string of the molecule is CNc1ccc(OCc2nnc(-c3ccccc3)o2)cc1. The summed E-state index contributed by atoms with van der Waals surface area (Å²) in [6, 6.07) is 17.3. The molecule has 106 valence electrons. The summed E-state index contributed by atoms with van der Waals surface area (Å²) in [4.78, 5) is 0. The summed E-state index contributed by atoms with van der Waals surface area (Å²) in [6.07, 6.45) is 0. The fourth-order valence-corrected chi connectivity index (χ4v) is 1.87. The van der Waals surface area contributed by atoms with Crippen LogP contribution in [0.1, 0.15) is 5.89 Å². The molecule has 0 saturated carbocycles. The monoisotopic (exact) mass is 281 g/mol. The van der Waals surface area contributed by atoms with Gasteiger partial charge in [-0.1, -0.05) is 18.2 Å². The van der Waals surface area contributed by atoms with Crippen LogP contribution in [0.4, 0.5) is 5.69 Å². The van der Waals surface area contributed by atoms with Crippen molar-refractivity contribution in [3.63, 3.8) is 0 Å². The van der Waals surface area contributed by atoms with Crippen molar-refractivity contribution in [1.82, 2.24) is 10.2 Å². The zero-order valence-corrected chi connectivity index (χ0v) is 11.6. The summed E-state index contributed by atoms with van der Waals surface area (Å²) in [5.74, 6) is 1.71. The van der Waals surface area contributed by atoms with Gasteiger partial charge in [-0.3, -0.25) is 0 Å². The molecule has 1 heterocycles. The van der Waals surface area contributed by atoms with Crippen molar-refractivity contribution in [2.75, 3.05) is 12.4 Å². The molecule has 1 N–H and O–H groups in total. The lowest BCUT2D eigenvalue weighted by atomic mass is 10.2. The molecule has 0 spiro atoms. The van der Waals surface area contributed by atoms with Gasteiger partial charge in [0.25, 0.3) is 5.89 Å². The number of nitrogens with zero attached hydrogens (tertiary/aromatic N) is 2. The predicted octanol–water partition coefficient (Wildman–Crippen LogP) is 3.36. The molecule has 0 fully saturated rings. The topological polar surface area (TPSA) is 60.2 Å². The number of nitrogens with one attached hydrogen (secondary N) is 1. The summed E-state index contributed by atoms with van der Waals surface area (Å²) >= 11 is 0. The summed E-state index contributed by atoms with van der Waals surface area (Å²) in [5, 5.41) is 11.1. The van der Waals surface area contributed by atoms with Crippen LogP contribution in [0.3, 0.4) is 0 Å². The van der Waals surface area contributed by atoms with Gasteiger partial charge < -0.3 is 14.5 Å². The van der Waals surface area contributed by atoms with Crippen LogP contribution >= 0.6 is 0 Å². The smallest absolute Gasteiger partial charge is 0.254 e. The number of rotatable bonds is 5. The Balaban J connectivity index is 1.64. The van der Waals surface area contributed by atoms with E-state index in [-0.39, 0.29) is 6.61 Å².